The Labute approximate surface area is 98.1 Å². The molecule has 1 aromatic rings. The molecule has 0 bridgehead atoms. The van der Waals surface area contributed by atoms with Crippen molar-refractivity contribution in [3.8, 4) is 0 Å². The van der Waals surface area contributed by atoms with Crippen molar-refractivity contribution in [1.82, 2.24) is 10.3 Å². The first kappa shape index (κ1) is 12.7. The van der Waals surface area contributed by atoms with Crippen molar-refractivity contribution in [2.45, 2.75) is 19.4 Å². The molecule has 0 aliphatic rings. The molecule has 1 rings (SSSR count). The van der Waals surface area contributed by atoms with Crippen LogP contribution < -0.4 is 5.32 Å². The number of hydrogen-bond acceptors (Lipinski definition) is 3. The number of amides is 1. The van der Waals surface area contributed by atoms with E-state index >= 15 is 0 Å². The lowest BCUT2D eigenvalue weighted by Crippen LogP contribution is -2.22. The third-order valence-corrected chi connectivity index (χ3v) is 2.27. The molecule has 88 valence electrons. The predicted octanol–water partition coefficient (Wildman–Crippen LogP) is 1.43. The molecule has 0 saturated heterocycles. The molecule has 0 unspecified atom stereocenters. The van der Waals surface area contributed by atoms with Crippen molar-refractivity contribution < 1.29 is 15.0 Å². The molecule has 0 aromatic carbocycles. The molecule has 0 fully saturated rings. The number of nitrogens with zero attached hydrogens (tertiary/aromatic N) is 1. The summed E-state index contributed by atoms with van der Waals surface area (Å²) in [6.45, 7) is 0.250. The minimum absolute atomic E-state index is 0.116. The summed E-state index contributed by atoms with van der Waals surface area (Å²) in [5.74, 6) is 0. The van der Waals surface area contributed by atoms with Crippen molar-refractivity contribution in [2.75, 3.05) is 6.54 Å². The van der Waals surface area contributed by atoms with Crippen LogP contribution in [0.1, 0.15) is 17.7 Å². The van der Waals surface area contributed by atoms with Gasteiger partial charge >= 0.3 is 6.09 Å². The van der Waals surface area contributed by atoms with Gasteiger partial charge in [-0.15, -0.1) is 0 Å². The van der Waals surface area contributed by atoms with Crippen molar-refractivity contribution in [1.29, 1.82) is 0 Å². The van der Waals surface area contributed by atoms with Gasteiger partial charge in [0.15, 0.2) is 0 Å². The van der Waals surface area contributed by atoms with Crippen LogP contribution in [0.25, 0.3) is 0 Å². The first-order valence-corrected chi connectivity index (χ1v) is 5.22. The number of hydrogen-bond donors (Lipinski definition) is 3. The number of halogens is 1. The fourth-order valence-corrected chi connectivity index (χ4v) is 1.50. The average molecular weight is 245 g/mol. The molecule has 0 radical (unpaired) electrons. The zero-order valence-corrected chi connectivity index (χ0v) is 9.37. The molecule has 0 aliphatic carbocycles. The minimum Gasteiger partial charge on any atom is -0.465 e. The smallest absolute Gasteiger partial charge is 0.404 e. The summed E-state index contributed by atoms with van der Waals surface area (Å²) in [5, 5.41) is 20.2. The third-order valence-electron chi connectivity index (χ3n) is 2.06. The van der Waals surface area contributed by atoms with Gasteiger partial charge in [0.1, 0.15) is 0 Å². The van der Waals surface area contributed by atoms with Gasteiger partial charge in [-0.2, -0.15) is 0 Å². The number of carbonyl (C=O) groups is 1. The minimum atomic E-state index is -1.04. The van der Waals surface area contributed by atoms with E-state index in [2.05, 4.69) is 10.3 Å². The molecule has 1 heterocycles. The van der Waals surface area contributed by atoms with E-state index in [4.69, 9.17) is 21.8 Å². The van der Waals surface area contributed by atoms with E-state index in [-0.39, 0.29) is 6.61 Å². The van der Waals surface area contributed by atoms with E-state index in [1.165, 1.54) is 6.20 Å². The Bertz CT molecular complexity index is 371. The van der Waals surface area contributed by atoms with Crippen LogP contribution in [-0.2, 0) is 13.0 Å². The lowest BCUT2D eigenvalue weighted by atomic mass is 10.1. The molecule has 3 N–H and O–H groups in total. The summed E-state index contributed by atoms with van der Waals surface area (Å²) in [7, 11) is 0. The number of aliphatic hydroxyl groups is 1. The van der Waals surface area contributed by atoms with Crippen LogP contribution in [0, 0.1) is 0 Å². The number of pyridine rings is 1. The number of rotatable bonds is 5. The van der Waals surface area contributed by atoms with E-state index in [0.29, 0.717) is 30.0 Å². The summed E-state index contributed by atoms with van der Waals surface area (Å²) >= 11 is 5.73. The fourth-order valence-electron chi connectivity index (χ4n) is 1.32. The fraction of sp³-hybridized carbons (Fsp3) is 0.400. The van der Waals surface area contributed by atoms with Gasteiger partial charge in [-0.1, -0.05) is 11.6 Å². The Kier molecular flexibility index (Phi) is 5.01. The Balaban J connectivity index is 2.50. The number of nitrogens with one attached hydrogen (secondary N) is 1. The van der Waals surface area contributed by atoms with Crippen LogP contribution in [0.3, 0.4) is 0 Å². The quantitative estimate of drug-likeness (QED) is 0.685. The molecule has 5 nitrogen and oxygen atoms in total. The second-order valence-corrected chi connectivity index (χ2v) is 3.69. The van der Waals surface area contributed by atoms with Gasteiger partial charge < -0.3 is 15.5 Å². The predicted molar refractivity (Wildman–Crippen MR) is 59.5 cm³/mol. The Hall–Kier alpha value is -1.33. The molecular formula is C10H13ClN2O3. The molecular weight excluding hydrogens is 232 g/mol. The molecule has 0 aliphatic heterocycles. The van der Waals surface area contributed by atoms with Gasteiger partial charge in [-0.25, -0.2) is 4.79 Å². The van der Waals surface area contributed by atoms with Gasteiger partial charge in [0.2, 0.25) is 0 Å². The van der Waals surface area contributed by atoms with Crippen LogP contribution in [-0.4, -0.2) is 27.8 Å². The highest BCUT2D eigenvalue weighted by Gasteiger charge is 2.04. The van der Waals surface area contributed by atoms with Crippen molar-refractivity contribution >= 4 is 17.7 Å². The molecule has 1 amide bonds. The zero-order valence-electron chi connectivity index (χ0n) is 8.61. The van der Waals surface area contributed by atoms with Crippen LogP contribution in [0.5, 0.6) is 0 Å². The lowest BCUT2D eigenvalue weighted by Gasteiger charge is -2.06. The van der Waals surface area contributed by atoms with Gasteiger partial charge in [0.05, 0.1) is 11.6 Å². The largest absolute Gasteiger partial charge is 0.465 e. The molecule has 0 saturated carbocycles. The normalized spacial score (nSPS) is 10.1. The van der Waals surface area contributed by atoms with Crippen LogP contribution in [0.15, 0.2) is 12.3 Å². The standard InChI is InChI=1S/C10H13ClN2O3/c11-8-4-7(6-14)9(13-5-8)2-1-3-12-10(15)16/h4-5,12,14H,1-3,6H2,(H,15,16). The monoisotopic (exact) mass is 244 g/mol. The summed E-state index contributed by atoms with van der Waals surface area (Å²) in [6.07, 6.45) is 1.72. The van der Waals surface area contributed by atoms with Crippen molar-refractivity contribution in [3.63, 3.8) is 0 Å². The van der Waals surface area contributed by atoms with E-state index in [9.17, 15) is 4.79 Å². The Morgan fingerprint density at radius 1 is 1.56 bits per heavy atom. The van der Waals surface area contributed by atoms with E-state index < -0.39 is 6.09 Å². The second-order valence-electron chi connectivity index (χ2n) is 3.25. The van der Waals surface area contributed by atoms with E-state index in [1.807, 2.05) is 0 Å². The third kappa shape index (κ3) is 4.04. The molecule has 16 heavy (non-hydrogen) atoms. The van der Waals surface area contributed by atoms with Gasteiger partial charge in [-0.05, 0) is 18.9 Å². The summed E-state index contributed by atoms with van der Waals surface area (Å²) in [5.41, 5.74) is 1.43. The number of aliphatic hydroxyl groups excluding tert-OH is 1. The van der Waals surface area contributed by atoms with Crippen molar-refractivity contribution in [3.05, 3.63) is 28.5 Å². The van der Waals surface area contributed by atoms with Crippen molar-refractivity contribution in [2.24, 2.45) is 0 Å². The first-order valence-electron chi connectivity index (χ1n) is 4.84. The summed E-state index contributed by atoms with van der Waals surface area (Å²) in [4.78, 5) is 14.3. The maximum absolute atomic E-state index is 10.2. The highest BCUT2D eigenvalue weighted by atomic mass is 35.5. The highest BCUT2D eigenvalue weighted by molar-refractivity contribution is 6.30. The van der Waals surface area contributed by atoms with E-state index in [0.717, 1.165) is 5.69 Å². The maximum Gasteiger partial charge on any atom is 0.404 e. The van der Waals surface area contributed by atoms with Gasteiger partial charge in [-0.3, -0.25) is 4.98 Å². The second kappa shape index (κ2) is 6.30. The van der Waals surface area contributed by atoms with Crippen LogP contribution >= 0.6 is 11.6 Å². The van der Waals surface area contributed by atoms with Gasteiger partial charge in [0.25, 0.3) is 0 Å². The van der Waals surface area contributed by atoms with E-state index in [1.54, 1.807) is 6.07 Å². The summed E-state index contributed by atoms with van der Waals surface area (Å²) < 4.78 is 0. The highest BCUT2D eigenvalue weighted by Crippen LogP contribution is 2.14. The number of aromatic nitrogens is 1. The molecule has 0 atom stereocenters. The number of carboxylic acid groups (broad SMARTS) is 1. The molecule has 1 aromatic heterocycles. The average Bonchev–Trinajstić information content (AvgIpc) is 2.25. The molecule has 6 heteroatoms. The first-order chi connectivity index (χ1) is 7.63. The SMILES string of the molecule is O=C(O)NCCCc1ncc(Cl)cc1CO. The lowest BCUT2D eigenvalue weighted by molar-refractivity contribution is 0.194. The summed E-state index contributed by atoms with van der Waals surface area (Å²) in [6, 6.07) is 1.66. The Morgan fingerprint density at radius 3 is 2.94 bits per heavy atom. The van der Waals surface area contributed by atoms with Crippen LogP contribution in [0.4, 0.5) is 4.79 Å². The van der Waals surface area contributed by atoms with Gasteiger partial charge in [0, 0.05) is 24.0 Å². The topological polar surface area (TPSA) is 82.5 Å². The number of aryl methyl sites for hydroxylation is 1. The Morgan fingerprint density at radius 2 is 2.31 bits per heavy atom. The molecule has 0 spiro atoms. The maximum atomic E-state index is 10.2. The van der Waals surface area contributed by atoms with Crippen LogP contribution in [0.2, 0.25) is 5.02 Å². The zero-order chi connectivity index (χ0) is 12.0.